The lowest BCUT2D eigenvalue weighted by Crippen LogP contribution is -2.02. The molecule has 0 aliphatic rings. The number of hydrogen-bond donors (Lipinski definition) is 0. The molecule has 0 radical (unpaired) electrons. The molecule has 0 saturated carbocycles. The predicted octanol–water partition coefficient (Wildman–Crippen LogP) is 3.49. The third-order valence-electron chi connectivity index (χ3n) is 1.48. The first-order chi connectivity index (χ1) is 8.63. The van der Waals surface area contributed by atoms with Gasteiger partial charge in [-0.2, -0.15) is 4.98 Å². The molecule has 0 N–H and O–H groups in total. The molecule has 0 saturated heterocycles. The molecular weight excluding hydrogens is 311 g/mol. The topological polar surface area (TPSA) is 53.5 Å². The molecule has 0 unspecified atom stereocenters. The Balaban J connectivity index is 2.66. The van der Waals surface area contributed by atoms with E-state index in [4.69, 9.17) is 25.4 Å². The van der Waals surface area contributed by atoms with E-state index in [1.807, 2.05) is 13.8 Å². The van der Waals surface area contributed by atoms with Crippen molar-refractivity contribution in [1.82, 2.24) is 9.36 Å². The van der Waals surface area contributed by atoms with Crippen LogP contribution in [0.4, 0.5) is 0 Å². The second-order valence-electron chi connectivity index (χ2n) is 2.82. The third-order valence-corrected chi connectivity index (χ3v) is 5.69. The van der Waals surface area contributed by atoms with E-state index in [1.54, 1.807) is 6.08 Å². The van der Waals surface area contributed by atoms with Crippen LogP contribution in [0.5, 0.6) is 6.01 Å². The van der Waals surface area contributed by atoms with Crippen LogP contribution in [0.2, 0.25) is 0 Å². The molecule has 0 aliphatic carbocycles. The number of hydrogen-bond acceptors (Lipinski definition) is 8. The van der Waals surface area contributed by atoms with E-state index >= 15 is 0 Å². The summed E-state index contributed by atoms with van der Waals surface area (Å²) >= 11 is 8.02. The Morgan fingerprint density at radius 3 is 2.67 bits per heavy atom. The molecule has 1 aromatic rings. The van der Waals surface area contributed by atoms with Crippen LogP contribution in [0.3, 0.4) is 0 Å². The van der Waals surface area contributed by atoms with Gasteiger partial charge in [0.15, 0.2) is 4.34 Å². The zero-order valence-electron chi connectivity index (χ0n) is 10.2. The fraction of sp³-hybridized carbons (Fsp3) is 0.556. The maximum atomic E-state index is 5.47. The minimum absolute atomic E-state index is 0.219. The molecule has 0 fully saturated rings. The summed E-state index contributed by atoms with van der Waals surface area (Å²) in [7, 11) is 0. The van der Waals surface area contributed by atoms with Crippen LogP contribution in [0, 0.1) is 0 Å². The summed E-state index contributed by atoms with van der Waals surface area (Å²) in [6.45, 7) is 5.41. The van der Waals surface area contributed by atoms with Crippen molar-refractivity contribution in [3.8, 4) is 6.01 Å². The van der Waals surface area contributed by atoms with Crippen molar-refractivity contribution in [2.45, 2.75) is 18.2 Å². The Morgan fingerprint density at radius 2 is 2.11 bits per heavy atom. The zero-order valence-corrected chi connectivity index (χ0v) is 13.5. The summed E-state index contributed by atoms with van der Waals surface area (Å²) in [6.07, 6.45) is 1.80. The number of thioether (sulfide) groups is 1. The van der Waals surface area contributed by atoms with Crippen LogP contribution in [0.15, 0.2) is 17.0 Å². The van der Waals surface area contributed by atoms with Crippen LogP contribution in [0.25, 0.3) is 0 Å². The van der Waals surface area contributed by atoms with Gasteiger partial charge < -0.3 is 4.52 Å². The molecule has 0 spiro atoms. The highest BCUT2D eigenvalue weighted by molar-refractivity contribution is 8.07. The highest BCUT2D eigenvalue weighted by Crippen LogP contribution is 2.49. The van der Waals surface area contributed by atoms with Crippen LogP contribution in [-0.4, -0.2) is 28.3 Å². The second kappa shape index (κ2) is 8.24. The van der Waals surface area contributed by atoms with Gasteiger partial charge in [0, 0.05) is 17.6 Å². The first-order valence-electron chi connectivity index (χ1n) is 5.29. The van der Waals surface area contributed by atoms with Gasteiger partial charge in [-0.05, 0) is 25.4 Å². The molecule has 1 rings (SSSR count). The normalized spacial score (nSPS) is 11.4. The molecule has 0 atom stereocenters. The Bertz CT molecular complexity index is 417. The fourth-order valence-electron chi connectivity index (χ4n) is 0.929. The van der Waals surface area contributed by atoms with E-state index < -0.39 is 6.72 Å². The Hall–Kier alpha value is 0.0200. The predicted molar refractivity (Wildman–Crippen MR) is 79.0 cm³/mol. The van der Waals surface area contributed by atoms with E-state index in [9.17, 15) is 0 Å². The Kier molecular flexibility index (Phi) is 7.36. The Morgan fingerprint density at radius 1 is 1.44 bits per heavy atom. The van der Waals surface area contributed by atoms with Gasteiger partial charge in [0.25, 0.3) is 0 Å². The highest BCUT2D eigenvalue weighted by atomic mass is 32.5. The number of aromatic nitrogens is 2. The maximum Gasteiger partial charge on any atom is 0.382 e. The molecule has 0 bridgehead atoms. The van der Waals surface area contributed by atoms with Crippen molar-refractivity contribution in [3.63, 3.8) is 0 Å². The van der Waals surface area contributed by atoms with Crippen LogP contribution < -0.4 is 4.52 Å². The minimum atomic E-state index is -2.77. The van der Waals surface area contributed by atoms with E-state index in [0.29, 0.717) is 13.2 Å². The summed E-state index contributed by atoms with van der Waals surface area (Å²) in [6, 6.07) is 0.219. The molecule has 18 heavy (non-hydrogen) atoms. The largest absolute Gasteiger partial charge is 0.388 e. The molecule has 0 amide bonds. The number of nitrogens with zero attached hydrogens (tertiary/aromatic N) is 2. The van der Waals surface area contributed by atoms with Gasteiger partial charge in [-0.1, -0.05) is 17.8 Å². The van der Waals surface area contributed by atoms with Gasteiger partial charge >= 0.3 is 12.7 Å². The van der Waals surface area contributed by atoms with Gasteiger partial charge in [0.05, 0.1) is 13.2 Å². The van der Waals surface area contributed by atoms with Crippen molar-refractivity contribution >= 4 is 41.8 Å². The molecule has 102 valence electrons. The first kappa shape index (κ1) is 16.1. The smallest absolute Gasteiger partial charge is 0.382 e. The van der Waals surface area contributed by atoms with Gasteiger partial charge in [-0.15, -0.1) is 11.0 Å². The van der Waals surface area contributed by atoms with Gasteiger partial charge in [-0.3, -0.25) is 9.05 Å². The highest BCUT2D eigenvalue weighted by Gasteiger charge is 2.23. The maximum absolute atomic E-state index is 5.47. The third kappa shape index (κ3) is 5.34. The molecule has 1 aromatic heterocycles. The van der Waals surface area contributed by atoms with Crippen molar-refractivity contribution in [1.29, 1.82) is 0 Å². The summed E-state index contributed by atoms with van der Waals surface area (Å²) in [5, 5.41) is 0. The lowest BCUT2D eigenvalue weighted by molar-refractivity contribution is 0.214. The summed E-state index contributed by atoms with van der Waals surface area (Å²) < 4.78 is 21.0. The quantitative estimate of drug-likeness (QED) is 0.391. The lowest BCUT2D eigenvalue weighted by atomic mass is 10.8. The summed E-state index contributed by atoms with van der Waals surface area (Å²) in [5.41, 5.74) is 0. The van der Waals surface area contributed by atoms with Crippen molar-refractivity contribution < 1.29 is 13.6 Å². The minimum Gasteiger partial charge on any atom is -0.388 e. The van der Waals surface area contributed by atoms with E-state index in [0.717, 1.165) is 10.1 Å². The zero-order chi connectivity index (χ0) is 13.4. The summed E-state index contributed by atoms with van der Waals surface area (Å²) in [4.78, 5) is 4.20. The van der Waals surface area contributed by atoms with Gasteiger partial charge in [0.2, 0.25) is 0 Å². The molecule has 0 aromatic carbocycles. The van der Waals surface area contributed by atoms with E-state index in [2.05, 4.69) is 15.9 Å². The SMILES string of the molecule is C=CCSc1nc(OP(=S)(OCC)OCC)ns1. The summed E-state index contributed by atoms with van der Waals surface area (Å²) in [5.74, 6) is 0.777. The van der Waals surface area contributed by atoms with Crippen molar-refractivity contribution in [2.75, 3.05) is 19.0 Å². The molecular formula is C9H15N2O3PS3. The van der Waals surface area contributed by atoms with Crippen molar-refractivity contribution in [2.24, 2.45) is 0 Å². The second-order valence-corrected chi connectivity index (χ2v) is 7.77. The fourth-order valence-corrected chi connectivity index (χ4v) is 4.19. The van der Waals surface area contributed by atoms with Gasteiger partial charge in [0.1, 0.15) is 0 Å². The monoisotopic (exact) mass is 326 g/mol. The van der Waals surface area contributed by atoms with Gasteiger partial charge in [-0.25, -0.2) is 0 Å². The van der Waals surface area contributed by atoms with Crippen LogP contribution in [0.1, 0.15) is 13.8 Å². The van der Waals surface area contributed by atoms with E-state index in [-0.39, 0.29) is 6.01 Å². The van der Waals surface area contributed by atoms with Crippen LogP contribution in [-0.2, 0) is 20.9 Å². The first-order valence-corrected chi connectivity index (χ1v) is 9.61. The molecule has 0 aliphatic heterocycles. The average Bonchev–Trinajstić information content (AvgIpc) is 2.74. The Labute approximate surface area is 120 Å². The molecule has 9 heteroatoms. The van der Waals surface area contributed by atoms with E-state index in [1.165, 1.54) is 23.3 Å². The van der Waals surface area contributed by atoms with Crippen LogP contribution >= 0.6 is 30.0 Å². The molecule has 5 nitrogen and oxygen atoms in total. The van der Waals surface area contributed by atoms with Crippen molar-refractivity contribution in [3.05, 3.63) is 12.7 Å². The standard InChI is InChI=1S/C9H15N2O3PS3/c1-4-7-17-9-10-8(11-18-9)14-15(16,12-5-2)13-6-3/h4H,1,5-7H2,2-3H3. The average molecular weight is 326 g/mol. The lowest BCUT2D eigenvalue weighted by Gasteiger charge is -2.18. The number of rotatable bonds is 9. The molecule has 1 heterocycles.